The predicted octanol–water partition coefficient (Wildman–Crippen LogP) is 3.09. The zero-order valence-corrected chi connectivity index (χ0v) is 17.1. The van der Waals surface area contributed by atoms with Gasteiger partial charge in [0.1, 0.15) is 17.9 Å². The summed E-state index contributed by atoms with van der Waals surface area (Å²) in [4.78, 5) is 6.81. The first kappa shape index (κ1) is 18.9. The van der Waals surface area contributed by atoms with Crippen molar-refractivity contribution in [1.29, 1.82) is 0 Å². The molecule has 0 spiro atoms. The molecule has 2 N–H and O–H groups in total. The maximum Gasteiger partial charge on any atom is 0.231 e. The third kappa shape index (κ3) is 3.48. The van der Waals surface area contributed by atoms with Gasteiger partial charge in [0.25, 0.3) is 0 Å². The summed E-state index contributed by atoms with van der Waals surface area (Å²) < 4.78 is 19.3. The van der Waals surface area contributed by atoms with Gasteiger partial charge in [0.2, 0.25) is 5.88 Å². The van der Waals surface area contributed by atoms with Gasteiger partial charge in [-0.3, -0.25) is 0 Å². The van der Waals surface area contributed by atoms with E-state index in [1.165, 1.54) is 0 Å². The molecule has 0 saturated carbocycles. The molecular weight excluding hydrogens is 382 g/mol. The van der Waals surface area contributed by atoms with E-state index < -0.39 is 0 Å². The summed E-state index contributed by atoms with van der Waals surface area (Å²) in [6, 6.07) is 11.8. The van der Waals surface area contributed by atoms with Gasteiger partial charge in [0, 0.05) is 36.3 Å². The molecule has 0 radical (unpaired) electrons. The van der Waals surface area contributed by atoms with Gasteiger partial charge < -0.3 is 24.5 Å². The molecule has 0 bridgehead atoms. The quantitative estimate of drug-likeness (QED) is 0.543. The van der Waals surface area contributed by atoms with Crippen molar-refractivity contribution in [2.45, 2.75) is 26.0 Å². The van der Waals surface area contributed by atoms with E-state index in [4.69, 9.17) is 19.6 Å². The summed E-state index contributed by atoms with van der Waals surface area (Å²) in [6.45, 7) is 6.83. The standard InChI is InChI=1S/C22H25N5O3/c1-14(23)13-29-22-7-6-21-24-11-18(27(21)25-22)20-10-16-17(4-3-5-19(16)30-20)26-8-9-28-15(2)12-26/h3-7,10-11,14-15H,8-9,12-13,23H2,1-2H3/t14-,15+/m0/s1. The van der Waals surface area contributed by atoms with Crippen LogP contribution in [0.1, 0.15) is 13.8 Å². The van der Waals surface area contributed by atoms with E-state index in [0.717, 1.165) is 47.7 Å². The number of hydrogen-bond acceptors (Lipinski definition) is 7. The lowest BCUT2D eigenvalue weighted by Crippen LogP contribution is -2.41. The van der Waals surface area contributed by atoms with Crippen molar-refractivity contribution < 1.29 is 13.9 Å². The van der Waals surface area contributed by atoms with Crippen LogP contribution in [-0.4, -0.2) is 53.0 Å². The van der Waals surface area contributed by atoms with Gasteiger partial charge in [0.15, 0.2) is 11.4 Å². The Bertz CT molecular complexity index is 1180. The normalized spacial score (nSPS) is 18.2. The molecular formula is C22H25N5O3. The average molecular weight is 407 g/mol. The third-order valence-electron chi connectivity index (χ3n) is 5.20. The fraction of sp³-hybridized carbons (Fsp3) is 0.364. The van der Waals surface area contributed by atoms with E-state index >= 15 is 0 Å². The van der Waals surface area contributed by atoms with Gasteiger partial charge in [-0.1, -0.05) is 6.07 Å². The number of imidazole rings is 1. The Labute approximate surface area is 174 Å². The molecule has 3 aromatic heterocycles. The number of furan rings is 1. The molecule has 4 heterocycles. The number of ether oxygens (including phenoxy) is 2. The Balaban J connectivity index is 1.54. The minimum Gasteiger partial charge on any atom is -0.475 e. The van der Waals surface area contributed by atoms with Gasteiger partial charge >= 0.3 is 0 Å². The predicted molar refractivity (Wildman–Crippen MR) is 115 cm³/mol. The molecule has 2 atom stereocenters. The third-order valence-corrected chi connectivity index (χ3v) is 5.20. The van der Waals surface area contributed by atoms with Crippen LogP contribution in [-0.2, 0) is 4.74 Å². The second kappa shape index (κ2) is 7.62. The van der Waals surface area contributed by atoms with Crippen LogP contribution in [0.3, 0.4) is 0 Å². The van der Waals surface area contributed by atoms with Crippen LogP contribution < -0.4 is 15.4 Å². The minimum absolute atomic E-state index is 0.0681. The minimum atomic E-state index is -0.0681. The summed E-state index contributed by atoms with van der Waals surface area (Å²) in [5.41, 5.74) is 9.26. The van der Waals surface area contributed by atoms with Crippen molar-refractivity contribution in [2.24, 2.45) is 5.73 Å². The molecule has 8 nitrogen and oxygen atoms in total. The number of hydrogen-bond donors (Lipinski definition) is 1. The van der Waals surface area contributed by atoms with Gasteiger partial charge in [0.05, 0.1) is 18.9 Å². The Kier molecular flexibility index (Phi) is 4.80. The highest BCUT2D eigenvalue weighted by molar-refractivity contribution is 5.94. The molecule has 1 fully saturated rings. The summed E-state index contributed by atoms with van der Waals surface area (Å²) in [6.07, 6.45) is 1.98. The Morgan fingerprint density at radius 3 is 3.03 bits per heavy atom. The van der Waals surface area contributed by atoms with Crippen molar-refractivity contribution in [3.8, 4) is 17.3 Å². The van der Waals surface area contributed by atoms with Crippen molar-refractivity contribution in [3.05, 3.63) is 42.6 Å². The van der Waals surface area contributed by atoms with E-state index in [2.05, 4.69) is 34.0 Å². The van der Waals surface area contributed by atoms with Crippen molar-refractivity contribution >= 4 is 22.3 Å². The van der Waals surface area contributed by atoms with Crippen LogP contribution in [0, 0.1) is 0 Å². The highest BCUT2D eigenvalue weighted by atomic mass is 16.5. The fourth-order valence-corrected chi connectivity index (χ4v) is 3.80. The van der Waals surface area contributed by atoms with Crippen molar-refractivity contribution in [1.82, 2.24) is 14.6 Å². The molecule has 0 aliphatic carbocycles. The van der Waals surface area contributed by atoms with Crippen molar-refractivity contribution in [2.75, 3.05) is 31.2 Å². The number of nitrogens with zero attached hydrogens (tertiary/aromatic N) is 4. The summed E-state index contributed by atoms with van der Waals surface area (Å²) in [7, 11) is 0. The number of fused-ring (bicyclic) bond motifs is 2. The number of benzene rings is 1. The largest absolute Gasteiger partial charge is 0.475 e. The smallest absolute Gasteiger partial charge is 0.231 e. The molecule has 8 heteroatoms. The molecule has 1 saturated heterocycles. The van der Waals surface area contributed by atoms with Crippen LogP contribution in [0.2, 0.25) is 0 Å². The highest BCUT2D eigenvalue weighted by Crippen LogP contribution is 2.34. The summed E-state index contributed by atoms with van der Waals surface area (Å²) >= 11 is 0. The monoisotopic (exact) mass is 407 g/mol. The summed E-state index contributed by atoms with van der Waals surface area (Å²) in [5, 5.41) is 5.64. The molecule has 0 amide bonds. The molecule has 5 rings (SSSR count). The average Bonchev–Trinajstić information content (AvgIpc) is 3.35. The van der Waals surface area contributed by atoms with Gasteiger partial charge in [-0.15, -0.1) is 5.10 Å². The molecule has 156 valence electrons. The Hall–Kier alpha value is -3.10. The van der Waals surface area contributed by atoms with Gasteiger partial charge in [-0.25, -0.2) is 9.50 Å². The lowest BCUT2D eigenvalue weighted by molar-refractivity contribution is 0.0533. The first-order chi connectivity index (χ1) is 14.6. The van der Waals surface area contributed by atoms with Crippen molar-refractivity contribution in [3.63, 3.8) is 0 Å². The highest BCUT2D eigenvalue weighted by Gasteiger charge is 2.21. The molecule has 4 aromatic rings. The molecule has 1 aromatic carbocycles. The number of morpholine rings is 1. The zero-order chi connectivity index (χ0) is 20.7. The van der Waals surface area contributed by atoms with Crippen LogP contribution in [0.15, 0.2) is 47.0 Å². The molecule has 1 aliphatic rings. The van der Waals surface area contributed by atoms with Crippen LogP contribution in [0.5, 0.6) is 5.88 Å². The van der Waals surface area contributed by atoms with E-state index in [9.17, 15) is 0 Å². The maximum atomic E-state index is 6.20. The zero-order valence-electron chi connectivity index (χ0n) is 17.1. The number of nitrogens with two attached hydrogens (primary N) is 1. The Morgan fingerprint density at radius 1 is 1.30 bits per heavy atom. The number of aromatic nitrogens is 3. The summed E-state index contributed by atoms with van der Waals surface area (Å²) in [5.74, 6) is 1.21. The van der Waals surface area contributed by atoms with Gasteiger partial charge in [-0.2, -0.15) is 0 Å². The second-order valence-corrected chi connectivity index (χ2v) is 7.80. The van der Waals surface area contributed by atoms with Crippen LogP contribution in [0.25, 0.3) is 28.1 Å². The molecule has 30 heavy (non-hydrogen) atoms. The first-order valence-corrected chi connectivity index (χ1v) is 10.2. The lowest BCUT2D eigenvalue weighted by atomic mass is 10.1. The van der Waals surface area contributed by atoms with E-state index in [0.29, 0.717) is 18.2 Å². The SMILES string of the molecule is C[C@H](N)COc1ccc2ncc(-c3cc4c(N5CCO[C@H](C)C5)cccc4o3)n2n1. The van der Waals surface area contributed by atoms with E-state index in [-0.39, 0.29) is 12.1 Å². The first-order valence-electron chi connectivity index (χ1n) is 10.2. The second-order valence-electron chi connectivity index (χ2n) is 7.80. The van der Waals surface area contributed by atoms with E-state index in [1.807, 2.05) is 25.1 Å². The Morgan fingerprint density at radius 2 is 2.20 bits per heavy atom. The molecule has 0 unspecified atom stereocenters. The number of rotatable bonds is 5. The van der Waals surface area contributed by atoms with Gasteiger partial charge in [-0.05, 0) is 38.1 Å². The topological polar surface area (TPSA) is 91.0 Å². The van der Waals surface area contributed by atoms with Crippen LogP contribution in [0.4, 0.5) is 5.69 Å². The van der Waals surface area contributed by atoms with Crippen LogP contribution >= 0.6 is 0 Å². The number of anilines is 1. The molecule has 1 aliphatic heterocycles. The van der Waals surface area contributed by atoms with E-state index in [1.54, 1.807) is 16.8 Å². The lowest BCUT2D eigenvalue weighted by Gasteiger charge is -2.33. The fourth-order valence-electron chi connectivity index (χ4n) is 3.80. The maximum absolute atomic E-state index is 6.20.